The van der Waals surface area contributed by atoms with Crippen LogP contribution in [0.4, 0.5) is 10.2 Å². The van der Waals surface area contributed by atoms with E-state index < -0.39 is 59.9 Å². The largest absolute Gasteiger partial charge is 0.490 e. The third kappa shape index (κ3) is 5.05. The van der Waals surface area contributed by atoms with Gasteiger partial charge in [0.15, 0.2) is 12.4 Å². The molecule has 2 aliphatic rings. The fraction of sp³-hybridized carbons (Fsp3) is 0.600. The van der Waals surface area contributed by atoms with E-state index in [4.69, 9.17) is 29.9 Å². The van der Waals surface area contributed by atoms with Crippen molar-refractivity contribution in [2.45, 2.75) is 24.1 Å². The van der Waals surface area contributed by atoms with E-state index >= 15 is 0 Å². The van der Waals surface area contributed by atoms with Crippen molar-refractivity contribution in [2.75, 3.05) is 18.9 Å². The van der Waals surface area contributed by atoms with Gasteiger partial charge < -0.3 is 34.8 Å². The zero-order chi connectivity index (χ0) is 22.5. The standard InChI is InChI=1S/C10H15FN3O13P3/c11-6-7-10(3-23-7,25-8(6)14-2-1-5(12)13-9(14)15)4-24-29(19,20)27-30(21,22)26-28(16,17)18/h1-2,6-8H,3-4H2,(H,19,20)(H,21,22)(H2,12,13,15)(H2,16,17,18)/t6-,7+,8-,10-/m1/s1. The van der Waals surface area contributed by atoms with Crippen LogP contribution in [0.5, 0.6) is 0 Å². The molecule has 0 amide bonds. The van der Waals surface area contributed by atoms with Crippen molar-refractivity contribution in [1.29, 1.82) is 0 Å². The highest BCUT2D eigenvalue weighted by Crippen LogP contribution is 2.66. The molecule has 0 aromatic carbocycles. The van der Waals surface area contributed by atoms with Gasteiger partial charge in [0.05, 0.1) is 13.2 Å². The molecule has 6 atom stereocenters. The summed E-state index contributed by atoms with van der Waals surface area (Å²) >= 11 is 0. The van der Waals surface area contributed by atoms with Gasteiger partial charge in [-0.15, -0.1) is 0 Å². The number of ether oxygens (including phenoxy) is 2. The molecule has 16 nitrogen and oxygen atoms in total. The molecule has 2 unspecified atom stereocenters. The summed E-state index contributed by atoms with van der Waals surface area (Å²) in [6.45, 7) is -1.27. The third-order valence-electron chi connectivity index (χ3n) is 3.96. The first-order valence-electron chi connectivity index (χ1n) is 7.70. The number of phosphoric acid groups is 3. The zero-order valence-electron chi connectivity index (χ0n) is 14.5. The van der Waals surface area contributed by atoms with Gasteiger partial charge in [-0.2, -0.15) is 13.6 Å². The summed E-state index contributed by atoms with van der Waals surface area (Å²) in [6, 6.07) is 1.21. The highest BCUT2D eigenvalue weighted by molar-refractivity contribution is 7.66. The first kappa shape index (κ1) is 23.6. The Balaban J connectivity index is 1.71. The van der Waals surface area contributed by atoms with Crippen molar-refractivity contribution in [3.63, 3.8) is 0 Å². The van der Waals surface area contributed by atoms with E-state index in [1.165, 1.54) is 6.07 Å². The second-order valence-electron chi connectivity index (χ2n) is 6.16. The number of nitrogen functional groups attached to an aromatic ring is 1. The van der Waals surface area contributed by atoms with Crippen LogP contribution in [0.15, 0.2) is 17.1 Å². The molecule has 0 bridgehead atoms. The van der Waals surface area contributed by atoms with E-state index in [0.717, 1.165) is 10.8 Å². The lowest BCUT2D eigenvalue weighted by molar-refractivity contribution is -0.243. The summed E-state index contributed by atoms with van der Waals surface area (Å²) in [4.78, 5) is 51.0. The molecule has 0 aliphatic carbocycles. The van der Waals surface area contributed by atoms with Gasteiger partial charge >= 0.3 is 29.2 Å². The SMILES string of the molecule is Nc1ccn([C@@H]2O[C@@]3(COP(=O)(O)OP(=O)(O)OP(=O)(O)O)CO[C@H]3[C@H]2F)c(=O)n1. The molecule has 0 radical (unpaired) electrons. The Morgan fingerprint density at radius 3 is 2.47 bits per heavy atom. The minimum atomic E-state index is -5.71. The lowest BCUT2D eigenvalue weighted by Crippen LogP contribution is -2.60. The van der Waals surface area contributed by atoms with Crippen molar-refractivity contribution >= 4 is 29.3 Å². The number of alkyl halides is 1. The number of nitrogens with two attached hydrogens (primary N) is 1. The monoisotopic (exact) mass is 497 g/mol. The van der Waals surface area contributed by atoms with Gasteiger partial charge in [-0.25, -0.2) is 22.9 Å². The van der Waals surface area contributed by atoms with Crippen molar-refractivity contribution in [3.05, 3.63) is 22.7 Å². The molecule has 2 aliphatic heterocycles. The van der Waals surface area contributed by atoms with E-state index in [0.29, 0.717) is 0 Å². The molecule has 30 heavy (non-hydrogen) atoms. The van der Waals surface area contributed by atoms with Gasteiger partial charge in [0.2, 0.25) is 0 Å². The second-order valence-corrected chi connectivity index (χ2v) is 10.6. The molecule has 0 saturated carbocycles. The molecule has 170 valence electrons. The second kappa shape index (κ2) is 7.81. The lowest BCUT2D eigenvalue weighted by atomic mass is 9.92. The molecule has 1 aromatic heterocycles. The Morgan fingerprint density at radius 2 is 1.93 bits per heavy atom. The maximum absolute atomic E-state index is 14.7. The summed E-state index contributed by atoms with van der Waals surface area (Å²) in [7, 11) is -16.7. The molecule has 0 spiro atoms. The minimum Gasteiger partial charge on any atom is -0.383 e. The van der Waals surface area contributed by atoms with Crippen LogP contribution < -0.4 is 11.4 Å². The molecular formula is C10H15FN3O13P3. The Labute approximate surface area is 165 Å². The number of aromatic nitrogens is 2. The number of fused-ring (bicyclic) bond motifs is 1. The average Bonchev–Trinajstić information content (AvgIpc) is 2.69. The van der Waals surface area contributed by atoms with E-state index in [2.05, 4.69) is 18.1 Å². The third-order valence-corrected chi connectivity index (χ3v) is 7.74. The first-order chi connectivity index (χ1) is 13.6. The molecule has 2 fully saturated rings. The van der Waals surface area contributed by atoms with Crippen molar-refractivity contribution in [1.82, 2.24) is 9.55 Å². The maximum Gasteiger partial charge on any atom is 0.490 e. The molecule has 3 heterocycles. The Kier molecular flexibility index (Phi) is 6.15. The topological polar surface area (TPSA) is 239 Å². The van der Waals surface area contributed by atoms with Crippen LogP contribution in [-0.2, 0) is 36.3 Å². The number of rotatable bonds is 8. The lowest BCUT2D eigenvalue weighted by Gasteiger charge is -2.42. The van der Waals surface area contributed by atoms with Crippen LogP contribution in [-0.4, -0.2) is 60.2 Å². The minimum absolute atomic E-state index is 0.119. The predicted molar refractivity (Wildman–Crippen MR) is 90.2 cm³/mol. The van der Waals surface area contributed by atoms with Gasteiger partial charge in [-0.05, 0) is 6.07 Å². The highest BCUT2D eigenvalue weighted by Gasteiger charge is 2.64. The Bertz CT molecular complexity index is 1030. The summed E-state index contributed by atoms with van der Waals surface area (Å²) < 4.78 is 71.4. The highest BCUT2D eigenvalue weighted by atomic mass is 31.3. The van der Waals surface area contributed by atoms with Gasteiger partial charge in [0.1, 0.15) is 17.5 Å². The number of hydrogen-bond donors (Lipinski definition) is 5. The number of nitrogens with zero attached hydrogens (tertiary/aromatic N) is 2. The predicted octanol–water partition coefficient (Wildman–Crippen LogP) is -0.827. The summed E-state index contributed by atoms with van der Waals surface area (Å²) in [5, 5.41) is 0. The maximum atomic E-state index is 14.7. The molecule has 3 rings (SSSR count). The quantitative estimate of drug-likeness (QED) is 0.276. The van der Waals surface area contributed by atoms with Crippen molar-refractivity contribution in [3.8, 4) is 0 Å². The fourth-order valence-corrected chi connectivity index (χ4v) is 5.86. The van der Waals surface area contributed by atoms with Gasteiger partial charge in [0, 0.05) is 6.20 Å². The molecule has 6 N–H and O–H groups in total. The van der Waals surface area contributed by atoms with Crippen LogP contribution in [0.1, 0.15) is 6.23 Å². The van der Waals surface area contributed by atoms with Crippen LogP contribution in [0, 0.1) is 0 Å². The first-order valence-corrected chi connectivity index (χ1v) is 12.2. The number of halogens is 1. The van der Waals surface area contributed by atoms with Gasteiger partial charge in [-0.1, -0.05) is 0 Å². The smallest absolute Gasteiger partial charge is 0.383 e. The van der Waals surface area contributed by atoms with E-state index in [9.17, 15) is 27.8 Å². The van der Waals surface area contributed by atoms with Crippen molar-refractivity contribution in [2.24, 2.45) is 0 Å². The number of anilines is 1. The van der Waals surface area contributed by atoms with E-state index in [1.54, 1.807) is 0 Å². The van der Waals surface area contributed by atoms with Gasteiger partial charge in [0.25, 0.3) is 0 Å². The van der Waals surface area contributed by atoms with Gasteiger partial charge in [-0.3, -0.25) is 9.09 Å². The number of hydrogen-bond acceptors (Lipinski definition) is 11. The average molecular weight is 497 g/mol. The summed E-state index contributed by atoms with van der Waals surface area (Å²) in [6.07, 6.45) is -3.73. The van der Waals surface area contributed by atoms with Crippen LogP contribution in [0.25, 0.3) is 0 Å². The van der Waals surface area contributed by atoms with E-state index in [-0.39, 0.29) is 12.4 Å². The fourth-order valence-electron chi connectivity index (χ4n) is 2.79. The van der Waals surface area contributed by atoms with Crippen molar-refractivity contribution < 1.29 is 60.3 Å². The van der Waals surface area contributed by atoms with E-state index in [1.807, 2.05) is 0 Å². The Morgan fingerprint density at radius 1 is 1.27 bits per heavy atom. The van der Waals surface area contributed by atoms with Crippen LogP contribution >= 0.6 is 23.5 Å². The summed E-state index contributed by atoms with van der Waals surface area (Å²) in [5.74, 6) is -0.119. The summed E-state index contributed by atoms with van der Waals surface area (Å²) in [5.41, 5.74) is 2.74. The van der Waals surface area contributed by atoms with Crippen LogP contribution in [0.3, 0.4) is 0 Å². The molecule has 20 heteroatoms. The van der Waals surface area contributed by atoms with Crippen LogP contribution in [0.2, 0.25) is 0 Å². The molecule has 2 saturated heterocycles. The molecular weight excluding hydrogens is 482 g/mol. The Hall–Kier alpha value is -1.06. The normalized spacial score (nSPS) is 32.6. The zero-order valence-corrected chi connectivity index (χ0v) is 17.1. The number of phosphoric ester groups is 1. The molecule has 1 aromatic rings.